The fraction of sp³-hybridized carbons (Fsp3) is 0.133. The summed E-state index contributed by atoms with van der Waals surface area (Å²) in [5, 5.41) is 14.1. The molecule has 3 rings (SSSR count). The zero-order valence-electron chi connectivity index (χ0n) is 11.6. The summed E-state index contributed by atoms with van der Waals surface area (Å²) in [4.78, 5) is 19.7. The lowest BCUT2D eigenvalue weighted by Gasteiger charge is -2.04. The maximum Gasteiger partial charge on any atom is 0.253 e. The minimum atomic E-state index is -0.156. The Morgan fingerprint density at radius 1 is 1.45 bits per heavy atom. The summed E-state index contributed by atoms with van der Waals surface area (Å²) in [5.74, 6) is 0. The highest BCUT2D eigenvalue weighted by Gasteiger charge is 2.08. The summed E-state index contributed by atoms with van der Waals surface area (Å²) < 4.78 is 0. The molecular formula is C15H11ClN4OS. The van der Waals surface area contributed by atoms with Crippen molar-refractivity contribution in [3.05, 3.63) is 55.8 Å². The van der Waals surface area contributed by atoms with Crippen LogP contribution in [0.4, 0.5) is 5.13 Å². The quantitative estimate of drug-likeness (QED) is 0.770. The fourth-order valence-corrected chi connectivity index (χ4v) is 3.04. The predicted octanol–water partition coefficient (Wildman–Crippen LogP) is 3.43. The van der Waals surface area contributed by atoms with Gasteiger partial charge in [0, 0.05) is 28.0 Å². The molecule has 0 spiro atoms. The second kappa shape index (κ2) is 5.79. The Hall–Kier alpha value is -2.36. The van der Waals surface area contributed by atoms with Gasteiger partial charge in [0.05, 0.1) is 5.69 Å². The molecule has 2 aromatic heterocycles. The van der Waals surface area contributed by atoms with Gasteiger partial charge < -0.3 is 10.3 Å². The molecule has 0 unspecified atom stereocenters. The molecule has 0 fully saturated rings. The van der Waals surface area contributed by atoms with E-state index in [2.05, 4.69) is 21.4 Å². The van der Waals surface area contributed by atoms with Crippen molar-refractivity contribution in [3.8, 4) is 6.07 Å². The zero-order valence-corrected chi connectivity index (χ0v) is 13.2. The molecule has 1 aromatic carbocycles. The third-order valence-electron chi connectivity index (χ3n) is 3.21. The normalized spacial score (nSPS) is 10.6. The molecular weight excluding hydrogens is 320 g/mol. The van der Waals surface area contributed by atoms with Crippen molar-refractivity contribution in [2.45, 2.75) is 13.5 Å². The van der Waals surface area contributed by atoms with Crippen molar-refractivity contribution in [3.63, 3.8) is 0 Å². The Balaban J connectivity index is 1.88. The first-order valence-electron chi connectivity index (χ1n) is 6.49. The van der Waals surface area contributed by atoms with E-state index in [9.17, 15) is 4.79 Å². The number of rotatable bonds is 3. The Morgan fingerprint density at radius 2 is 2.27 bits per heavy atom. The van der Waals surface area contributed by atoms with Gasteiger partial charge in [-0.3, -0.25) is 4.79 Å². The molecule has 5 nitrogen and oxygen atoms in total. The first-order valence-corrected chi connectivity index (χ1v) is 7.69. The molecule has 110 valence electrons. The van der Waals surface area contributed by atoms with Gasteiger partial charge in [-0.1, -0.05) is 22.9 Å². The van der Waals surface area contributed by atoms with Crippen LogP contribution in [0.2, 0.25) is 5.02 Å². The summed E-state index contributed by atoms with van der Waals surface area (Å²) in [7, 11) is 0. The molecule has 3 aromatic rings. The molecule has 0 saturated carbocycles. The highest BCUT2D eigenvalue weighted by molar-refractivity contribution is 7.16. The molecule has 0 radical (unpaired) electrons. The number of hydrogen-bond donors (Lipinski definition) is 2. The van der Waals surface area contributed by atoms with Crippen LogP contribution in [0.15, 0.2) is 29.1 Å². The lowest BCUT2D eigenvalue weighted by atomic mass is 10.1. The van der Waals surface area contributed by atoms with Crippen molar-refractivity contribution in [2.24, 2.45) is 0 Å². The minimum absolute atomic E-state index is 0.156. The molecule has 0 bridgehead atoms. The van der Waals surface area contributed by atoms with E-state index in [-0.39, 0.29) is 5.56 Å². The van der Waals surface area contributed by atoms with Crippen LogP contribution in [-0.2, 0) is 6.54 Å². The highest BCUT2D eigenvalue weighted by Crippen LogP contribution is 2.22. The minimum Gasteiger partial charge on any atom is -0.357 e. The van der Waals surface area contributed by atoms with Crippen LogP contribution in [0.5, 0.6) is 0 Å². The number of pyridine rings is 1. The van der Waals surface area contributed by atoms with Gasteiger partial charge in [-0.25, -0.2) is 4.98 Å². The molecule has 0 amide bonds. The lowest BCUT2D eigenvalue weighted by Crippen LogP contribution is -2.15. The van der Waals surface area contributed by atoms with Gasteiger partial charge in [0.15, 0.2) is 5.13 Å². The monoisotopic (exact) mass is 330 g/mol. The number of aromatic amines is 1. The molecule has 0 aliphatic carbocycles. The molecule has 2 heterocycles. The molecule has 0 saturated heterocycles. The topological polar surface area (TPSA) is 81.6 Å². The molecule has 7 heteroatoms. The summed E-state index contributed by atoms with van der Waals surface area (Å²) in [5.41, 5.74) is 1.86. The average molecular weight is 331 g/mol. The number of aromatic nitrogens is 2. The first kappa shape index (κ1) is 14.6. The van der Waals surface area contributed by atoms with Crippen LogP contribution in [0, 0.1) is 18.3 Å². The standard InChI is InChI=1S/C15H11ClN4OS/c1-8-13(6-17)22-15(19-8)18-7-10-4-9-5-11(16)2-3-12(9)20-14(10)21/h2-5H,7H2,1H3,(H,18,19)(H,20,21). The predicted molar refractivity (Wildman–Crippen MR) is 88.5 cm³/mol. The smallest absolute Gasteiger partial charge is 0.253 e. The van der Waals surface area contributed by atoms with Gasteiger partial charge in [0.2, 0.25) is 0 Å². The van der Waals surface area contributed by atoms with Gasteiger partial charge in [-0.05, 0) is 31.2 Å². The van der Waals surface area contributed by atoms with Crippen molar-refractivity contribution < 1.29 is 0 Å². The average Bonchev–Trinajstić information content (AvgIpc) is 2.85. The highest BCUT2D eigenvalue weighted by atomic mass is 35.5. The number of fused-ring (bicyclic) bond motifs is 1. The Morgan fingerprint density at radius 3 is 3.00 bits per heavy atom. The van der Waals surface area contributed by atoms with Crippen LogP contribution in [0.3, 0.4) is 0 Å². The van der Waals surface area contributed by atoms with Gasteiger partial charge in [0.25, 0.3) is 5.56 Å². The van der Waals surface area contributed by atoms with Crippen LogP contribution < -0.4 is 10.9 Å². The van der Waals surface area contributed by atoms with E-state index < -0.39 is 0 Å². The van der Waals surface area contributed by atoms with Crippen molar-refractivity contribution in [1.82, 2.24) is 9.97 Å². The van der Waals surface area contributed by atoms with Crippen LogP contribution >= 0.6 is 22.9 Å². The maximum atomic E-state index is 12.1. The van der Waals surface area contributed by atoms with Crippen LogP contribution in [-0.4, -0.2) is 9.97 Å². The largest absolute Gasteiger partial charge is 0.357 e. The lowest BCUT2D eigenvalue weighted by molar-refractivity contribution is 1.08. The Kier molecular flexibility index (Phi) is 3.84. The first-order chi connectivity index (χ1) is 10.6. The zero-order chi connectivity index (χ0) is 15.7. The number of nitrogens with one attached hydrogen (secondary N) is 2. The van der Waals surface area contributed by atoms with Crippen molar-refractivity contribution in [2.75, 3.05) is 5.32 Å². The number of thiazole rings is 1. The molecule has 2 N–H and O–H groups in total. The SMILES string of the molecule is Cc1nc(NCc2cc3cc(Cl)ccc3[nH]c2=O)sc1C#N. The van der Waals surface area contributed by atoms with E-state index in [0.717, 1.165) is 10.9 Å². The second-order valence-electron chi connectivity index (χ2n) is 4.75. The number of halogens is 1. The van der Waals surface area contributed by atoms with Gasteiger partial charge >= 0.3 is 0 Å². The van der Waals surface area contributed by atoms with Crippen molar-refractivity contribution in [1.29, 1.82) is 5.26 Å². The fourth-order valence-electron chi connectivity index (χ4n) is 2.10. The van der Waals surface area contributed by atoms with E-state index in [0.29, 0.717) is 32.8 Å². The van der Waals surface area contributed by atoms with Gasteiger partial charge in [-0.15, -0.1) is 0 Å². The summed E-state index contributed by atoms with van der Waals surface area (Å²) in [6, 6.07) is 9.21. The van der Waals surface area contributed by atoms with E-state index in [1.165, 1.54) is 11.3 Å². The number of nitrogens with zero attached hydrogens (tertiary/aromatic N) is 2. The van der Waals surface area contributed by atoms with Crippen molar-refractivity contribution >= 4 is 39.0 Å². The summed E-state index contributed by atoms with van der Waals surface area (Å²) in [6.07, 6.45) is 0. The Labute approximate surface area is 135 Å². The molecule has 22 heavy (non-hydrogen) atoms. The van der Waals surface area contributed by atoms with Crippen LogP contribution in [0.1, 0.15) is 16.1 Å². The molecule has 0 aliphatic heterocycles. The number of anilines is 1. The van der Waals surface area contributed by atoms with E-state index in [1.807, 2.05) is 0 Å². The number of aryl methyl sites for hydroxylation is 1. The summed E-state index contributed by atoms with van der Waals surface area (Å²) >= 11 is 7.25. The van der Waals surface area contributed by atoms with Crippen LogP contribution in [0.25, 0.3) is 10.9 Å². The van der Waals surface area contributed by atoms with Gasteiger partial charge in [0.1, 0.15) is 10.9 Å². The van der Waals surface area contributed by atoms with E-state index >= 15 is 0 Å². The third-order valence-corrected chi connectivity index (χ3v) is 4.47. The van der Waals surface area contributed by atoms with E-state index in [4.69, 9.17) is 16.9 Å². The third kappa shape index (κ3) is 2.82. The van der Waals surface area contributed by atoms with E-state index in [1.54, 1.807) is 31.2 Å². The molecule has 0 aliphatic rings. The molecule has 0 atom stereocenters. The maximum absolute atomic E-state index is 12.1. The van der Waals surface area contributed by atoms with Gasteiger partial charge in [-0.2, -0.15) is 5.26 Å². The second-order valence-corrected chi connectivity index (χ2v) is 6.19. The number of H-pyrrole nitrogens is 1. The Bertz CT molecular complexity index is 954. The number of nitriles is 1. The number of benzene rings is 1. The number of hydrogen-bond acceptors (Lipinski definition) is 5. The summed E-state index contributed by atoms with van der Waals surface area (Å²) in [6.45, 7) is 2.11.